The number of hydrogen-bond donors (Lipinski definition) is 2. The van der Waals surface area contributed by atoms with Crippen LogP contribution in [0.15, 0.2) is 47.5 Å². The Kier molecular flexibility index (Phi) is 7.93. The molecule has 142 valence electrons. The number of ether oxygens (including phenoxy) is 1. The van der Waals surface area contributed by atoms with Gasteiger partial charge in [-0.15, -0.1) is 37.1 Å². The van der Waals surface area contributed by atoms with Crippen LogP contribution in [0.4, 0.5) is 24.7 Å². The molecule has 0 fully saturated rings. The first kappa shape index (κ1) is 21.8. The first-order valence-corrected chi connectivity index (χ1v) is 7.29. The minimum absolute atomic E-state index is 0. The number of nitrogens with two attached hydrogens (primary N) is 1. The minimum atomic E-state index is -4.79. The van der Waals surface area contributed by atoms with E-state index in [-0.39, 0.29) is 47.9 Å². The normalized spacial score (nSPS) is 11.5. The Balaban J connectivity index is 0.00000338. The molecule has 0 bridgehead atoms. The maximum atomic E-state index is 12.4. The number of halogens is 4. The van der Waals surface area contributed by atoms with Crippen molar-refractivity contribution >= 4 is 41.4 Å². The van der Waals surface area contributed by atoms with E-state index in [0.29, 0.717) is 5.69 Å². The van der Waals surface area contributed by atoms with Crippen molar-refractivity contribution in [2.24, 2.45) is 10.7 Å². The number of guanidine groups is 1. The fourth-order valence-corrected chi connectivity index (χ4v) is 1.93. The quantitative estimate of drug-likeness (QED) is 0.388. The molecule has 0 saturated carbocycles. The van der Waals surface area contributed by atoms with Crippen LogP contribution in [-0.4, -0.2) is 31.4 Å². The molecule has 0 aliphatic carbocycles. The third-order valence-electron chi connectivity index (χ3n) is 3.04. The highest BCUT2D eigenvalue weighted by molar-refractivity contribution is 14.0. The Morgan fingerprint density at radius 3 is 2.54 bits per heavy atom. The van der Waals surface area contributed by atoms with E-state index in [0.717, 1.165) is 5.82 Å². The van der Waals surface area contributed by atoms with E-state index in [1.54, 1.807) is 12.1 Å². The maximum Gasteiger partial charge on any atom is 0.573 e. The summed E-state index contributed by atoms with van der Waals surface area (Å²) in [5.74, 6) is 0.333. The zero-order valence-electron chi connectivity index (χ0n) is 14.1. The maximum absolute atomic E-state index is 12.4. The van der Waals surface area contributed by atoms with E-state index >= 15 is 0 Å². The minimum Gasteiger partial charge on any atom is -0.404 e. The van der Waals surface area contributed by atoms with Gasteiger partial charge in [-0.05, 0) is 24.3 Å². The Morgan fingerprint density at radius 1 is 1.19 bits per heavy atom. The van der Waals surface area contributed by atoms with Crippen LogP contribution in [0.2, 0.25) is 0 Å². The number of hydrogen-bond acceptors (Lipinski definition) is 4. The third-order valence-corrected chi connectivity index (χ3v) is 3.04. The van der Waals surface area contributed by atoms with Crippen molar-refractivity contribution in [2.75, 3.05) is 24.3 Å². The highest BCUT2D eigenvalue weighted by Gasteiger charge is 2.32. The van der Waals surface area contributed by atoms with E-state index < -0.39 is 6.36 Å². The molecule has 0 aliphatic heterocycles. The van der Waals surface area contributed by atoms with Gasteiger partial charge in [0, 0.05) is 14.1 Å². The van der Waals surface area contributed by atoms with Gasteiger partial charge >= 0.3 is 6.36 Å². The molecule has 0 spiro atoms. The topological polar surface area (TPSA) is 75.8 Å². The number of benzene rings is 1. The average Bonchev–Trinajstić information content (AvgIpc) is 2.54. The second-order valence-corrected chi connectivity index (χ2v) is 5.25. The summed E-state index contributed by atoms with van der Waals surface area (Å²) in [6.45, 7) is 0.183. The number of alkyl halides is 3. The molecule has 6 nitrogen and oxygen atoms in total. The first-order chi connectivity index (χ1) is 11.7. The largest absolute Gasteiger partial charge is 0.573 e. The third kappa shape index (κ3) is 6.94. The number of para-hydroxylation sites is 2. The summed E-state index contributed by atoms with van der Waals surface area (Å²) in [4.78, 5) is 10.3. The van der Waals surface area contributed by atoms with E-state index in [2.05, 4.69) is 20.0 Å². The summed E-state index contributed by atoms with van der Waals surface area (Å²) in [5.41, 5.74) is 6.49. The van der Waals surface area contributed by atoms with Crippen molar-refractivity contribution < 1.29 is 17.9 Å². The number of nitrogens with one attached hydrogen (secondary N) is 1. The van der Waals surface area contributed by atoms with Gasteiger partial charge in [-0.2, -0.15) is 0 Å². The van der Waals surface area contributed by atoms with Gasteiger partial charge in [0.05, 0.1) is 17.9 Å². The monoisotopic (exact) mass is 481 g/mol. The van der Waals surface area contributed by atoms with Gasteiger partial charge in [-0.3, -0.25) is 0 Å². The average molecular weight is 481 g/mol. The van der Waals surface area contributed by atoms with Gasteiger partial charge in [0.25, 0.3) is 0 Å². The van der Waals surface area contributed by atoms with Crippen molar-refractivity contribution in [3.05, 3.63) is 48.2 Å². The van der Waals surface area contributed by atoms with Crippen LogP contribution in [0.5, 0.6) is 5.75 Å². The highest BCUT2D eigenvalue weighted by atomic mass is 127. The Bertz CT molecular complexity index is 753. The van der Waals surface area contributed by atoms with E-state index in [1.807, 2.05) is 31.1 Å². The number of anilines is 2. The second kappa shape index (κ2) is 9.46. The zero-order chi connectivity index (χ0) is 18.4. The number of pyridine rings is 1. The molecule has 0 atom stereocenters. The van der Waals surface area contributed by atoms with Crippen molar-refractivity contribution in [3.8, 4) is 5.75 Å². The molecule has 1 heterocycles. The van der Waals surface area contributed by atoms with Crippen molar-refractivity contribution in [1.82, 2.24) is 4.98 Å². The number of nitrogens with zero attached hydrogens (tertiary/aromatic N) is 3. The van der Waals surface area contributed by atoms with Crippen molar-refractivity contribution in [2.45, 2.75) is 12.9 Å². The molecule has 0 saturated heterocycles. The summed E-state index contributed by atoms with van der Waals surface area (Å²) < 4.78 is 41.2. The molecule has 10 heteroatoms. The predicted molar refractivity (Wildman–Crippen MR) is 106 cm³/mol. The van der Waals surface area contributed by atoms with Gasteiger partial charge in [0.2, 0.25) is 0 Å². The predicted octanol–water partition coefficient (Wildman–Crippen LogP) is 3.59. The summed E-state index contributed by atoms with van der Waals surface area (Å²) in [6, 6.07) is 11.0. The Labute approximate surface area is 166 Å². The lowest BCUT2D eigenvalue weighted by atomic mass is 10.3. The smallest absolute Gasteiger partial charge is 0.404 e. The van der Waals surface area contributed by atoms with Gasteiger partial charge in [-0.25, -0.2) is 9.98 Å². The fourth-order valence-electron chi connectivity index (χ4n) is 1.93. The molecule has 2 aromatic rings. The van der Waals surface area contributed by atoms with Crippen LogP contribution in [-0.2, 0) is 6.54 Å². The van der Waals surface area contributed by atoms with Gasteiger partial charge in [-0.1, -0.05) is 18.2 Å². The molecule has 0 amide bonds. The van der Waals surface area contributed by atoms with Crippen LogP contribution in [0.3, 0.4) is 0 Å². The zero-order valence-corrected chi connectivity index (χ0v) is 16.4. The number of aliphatic imine (C=N–C) groups is 1. The second-order valence-electron chi connectivity index (χ2n) is 5.25. The summed E-state index contributed by atoms with van der Waals surface area (Å²) in [6.07, 6.45) is -4.79. The molecule has 0 aliphatic rings. The van der Waals surface area contributed by atoms with E-state index in [1.165, 1.54) is 18.2 Å². The lowest BCUT2D eigenvalue weighted by Gasteiger charge is -2.14. The Morgan fingerprint density at radius 2 is 1.88 bits per heavy atom. The van der Waals surface area contributed by atoms with Crippen LogP contribution in [0.25, 0.3) is 0 Å². The van der Waals surface area contributed by atoms with Gasteiger partial charge in [0.15, 0.2) is 11.7 Å². The summed E-state index contributed by atoms with van der Waals surface area (Å²) in [5, 5.41) is 2.61. The van der Waals surface area contributed by atoms with Gasteiger partial charge in [0.1, 0.15) is 5.82 Å². The molecule has 26 heavy (non-hydrogen) atoms. The Hall–Kier alpha value is -2.24. The van der Waals surface area contributed by atoms with Crippen LogP contribution in [0, 0.1) is 0 Å². The highest BCUT2D eigenvalue weighted by Crippen LogP contribution is 2.29. The lowest BCUT2D eigenvalue weighted by molar-refractivity contribution is -0.274. The van der Waals surface area contributed by atoms with Crippen molar-refractivity contribution in [1.29, 1.82) is 0 Å². The van der Waals surface area contributed by atoms with Crippen LogP contribution in [0.1, 0.15) is 5.69 Å². The molecular formula is C16H19F3IN5O. The SMILES string of the molecule is CN(C)c1cccc(CN=C(N)Nc2ccccc2OC(F)(F)F)n1.I. The van der Waals surface area contributed by atoms with E-state index in [9.17, 15) is 13.2 Å². The molecule has 1 aromatic heterocycles. The summed E-state index contributed by atoms with van der Waals surface area (Å²) >= 11 is 0. The summed E-state index contributed by atoms with van der Waals surface area (Å²) in [7, 11) is 3.73. The molecule has 0 unspecified atom stereocenters. The van der Waals surface area contributed by atoms with Crippen molar-refractivity contribution in [3.63, 3.8) is 0 Å². The van der Waals surface area contributed by atoms with E-state index in [4.69, 9.17) is 5.73 Å². The number of aromatic nitrogens is 1. The molecule has 3 N–H and O–H groups in total. The standard InChI is InChI=1S/C16H18F3N5O.HI/c1-24(2)14-9-5-6-11(22-14)10-21-15(20)23-12-7-3-4-8-13(12)25-16(17,18)19;/h3-9H,10H2,1-2H3,(H3,20,21,23);1H. The molecule has 0 radical (unpaired) electrons. The number of rotatable bonds is 5. The molecule has 1 aromatic carbocycles. The first-order valence-electron chi connectivity index (χ1n) is 7.29. The fraction of sp³-hybridized carbons (Fsp3) is 0.250. The lowest BCUT2D eigenvalue weighted by Crippen LogP contribution is -2.24. The van der Waals surface area contributed by atoms with Crippen LogP contribution < -0.4 is 20.7 Å². The molecule has 2 rings (SSSR count). The molecular weight excluding hydrogens is 462 g/mol. The van der Waals surface area contributed by atoms with Crippen LogP contribution >= 0.6 is 24.0 Å². The van der Waals surface area contributed by atoms with Gasteiger partial charge < -0.3 is 20.7 Å².